The van der Waals surface area contributed by atoms with E-state index in [1.807, 2.05) is 36.9 Å². The Morgan fingerprint density at radius 1 is 1.18 bits per heavy atom. The molecule has 1 N–H and O–H groups in total. The Hall–Kier alpha value is -2.89. The first-order valence-corrected chi connectivity index (χ1v) is 9.69. The maximum Gasteiger partial charge on any atom is 0.257 e. The van der Waals surface area contributed by atoms with Crippen molar-refractivity contribution in [2.75, 3.05) is 26.2 Å². The summed E-state index contributed by atoms with van der Waals surface area (Å²) in [5.74, 6) is 1.03. The van der Waals surface area contributed by atoms with Gasteiger partial charge in [-0.15, -0.1) is 0 Å². The highest BCUT2D eigenvalue weighted by atomic mass is 16.5. The molecule has 2 aromatic rings. The van der Waals surface area contributed by atoms with Gasteiger partial charge in [0.15, 0.2) is 6.61 Å². The number of nitrogens with zero attached hydrogens (tertiary/aromatic N) is 2. The lowest BCUT2D eigenvalue weighted by molar-refractivity contribution is -0.123. The van der Waals surface area contributed by atoms with Crippen LogP contribution in [-0.4, -0.2) is 47.9 Å². The normalized spacial score (nSPS) is 14.6. The van der Waals surface area contributed by atoms with E-state index in [1.54, 1.807) is 24.5 Å². The molecule has 0 saturated carbocycles. The molecule has 1 aliphatic heterocycles. The van der Waals surface area contributed by atoms with Gasteiger partial charge in [-0.25, -0.2) is 0 Å². The lowest BCUT2D eigenvalue weighted by Gasteiger charge is -2.32. The number of amides is 2. The summed E-state index contributed by atoms with van der Waals surface area (Å²) in [5.41, 5.74) is 2.82. The minimum absolute atomic E-state index is 0.0165. The minimum atomic E-state index is -0.116. The first-order chi connectivity index (χ1) is 13.5. The van der Waals surface area contributed by atoms with Crippen molar-refractivity contribution >= 4 is 11.8 Å². The standard InChI is InChI=1S/C22H27N3O3/c1-16-5-3-7-20(17(16)2)28-15-21(26)24-13-18-8-11-25(12-9-18)22(27)19-6-4-10-23-14-19/h3-7,10,14,18H,8-9,11-13,15H2,1-2H3,(H,24,26). The second-order valence-electron chi connectivity index (χ2n) is 7.27. The zero-order valence-corrected chi connectivity index (χ0v) is 16.5. The van der Waals surface area contributed by atoms with Gasteiger partial charge in [0.05, 0.1) is 5.56 Å². The summed E-state index contributed by atoms with van der Waals surface area (Å²) in [4.78, 5) is 30.4. The predicted molar refractivity (Wildman–Crippen MR) is 107 cm³/mol. The SMILES string of the molecule is Cc1cccc(OCC(=O)NCC2CCN(C(=O)c3cccnc3)CC2)c1C. The summed E-state index contributed by atoms with van der Waals surface area (Å²) < 4.78 is 5.65. The molecular formula is C22H27N3O3. The molecule has 28 heavy (non-hydrogen) atoms. The summed E-state index contributed by atoms with van der Waals surface area (Å²) in [6, 6.07) is 9.39. The number of benzene rings is 1. The number of nitrogens with one attached hydrogen (secondary N) is 1. The molecule has 1 aromatic heterocycles. The van der Waals surface area contributed by atoms with E-state index in [1.165, 1.54) is 0 Å². The lowest BCUT2D eigenvalue weighted by atomic mass is 9.96. The van der Waals surface area contributed by atoms with Crippen LogP contribution in [0.5, 0.6) is 5.75 Å². The van der Waals surface area contributed by atoms with Gasteiger partial charge in [-0.05, 0) is 61.9 Å². The maximum absolute atomic E-state index is 12.4. The van der Waals surface area contributed by atoms with E-state index >= 15 is 0 Å². The first-order valence-electron chi connectivity index (χ1n) is 9.69. The van der Waals surface area contributed by atoms with Crippen LogP contribution in [0.4, 0.5) is 0 Å². The molecule has 0 spiro atoms. The van der Waals surface area contributed by atoms with Crippen LogP contribution < -0.4 is 10.1 Å². The molecule has 1 aromatic carbocycles. The summed E-state index contributed by atoms with van der Waals surface area (Å²) in [7, 11) is 0. The highest BCUT2D eigenvalue weighted by Gasteiger charge is 2.24. The van der Waals surface area contributed by atoms with Crippen molar-refractivity contribution in [1.82, 2.24) is 15.2 Å². The van der Waals surface area contributed by atoms with Crippen LogP contribution >= 0.6 is 0 Å². The molecule has 0 aliphatic carbocycles. The minimum Gasteiger partial charge on any atom is -0.483 e. The van der Waals surface area contributed by atoms with Gasteiger partial charge >= 0.3 is 0 Å². The molecule has 1 aliphatic rings. The van der Waals surface area contributed by atoms with Gasteiger partial charge in [-0.2, -0.15) is 0 Å². The number of likely N-dealkylation sites (tertiary alicyclic amines) is 1. The van der Waals surface area contributed by atoms with Gasteiger partial charge in [-0.1, -0.05) is 12.1 Å². The number of ether oxygens (including phenoxy) is 1. The van der Waals surface area contributed by atoms with E-state index in [9.17, 15) is 9.59 Å². The van der Waals surface area contributed by atoms with Crippen LogP contribution in [0, 0.1) is 19.8 Å². The number of carbonyl (C=O) groups excluding carboxylic acids is 2. The molecule has 3 rings (SSSR count). The third kappa shape index (κ3) is 5.09. The van der Waals surface area contributed by atoms with E-state index in [4.69, 9.17) is 4.74 Å². The maximum atomic E-state index is 12.4. The van der Waals surface area contributed by atoms with Crippen molar-refractivity contribution in [3.8, 4) is 5.75 Å². The number of hydrogen-bond donors (Lipinski definition) is 1. The van der Waals surface area contributed by atoms with Crippen LogP contribution in [0.1, 0.15) is 34.3 Å². The van der Waals surface area contributed by atoms with E-state index < -0.39 is 0 Å². The molecule has 148 valence electrons. The van der Waals surface area contributed by atoms with Gasteiger partial charge in [0.25, 0.3) is 11.8 Å². The largest absolute Gasteiger partial charge is 0.483 e. The topological polar surface area (TPSA) is 71.5 Å². The van der Waals surface area contributed by atoms with Crippen molar-refractivity contribution in [2.24, 2.45) is 5.92 Å². The van der Waals surface area contributed by atoms with Crippen LogP contribution in [0.15, 0.2) is 42.7 Å². The van der Waals surface area contributed by atoms with Crippen molar-refractivity contribution in [2.45, 2.75) is 26.7 Å². The third-order valence-electron chi connectivity index (χ3n) is 5.31. The quantitative estimate of drug-likeness (QED) is 0.835. The van der Waals surface area contributed by atoms with E-state index in [2.05, 4.69) is 10.3 Å². The molecule has 6 heteroatoms. The zero-order chi connectivity index (χ0) is 19.9. The molecule has 2 heterocycles. The highest BCUT2D eigenvalue weighted by Crippen LogP contribution is 2.21. The second kappa shape index (κ2) is 9.35. The van der Waals surface area contributed by atoms with E-state index in [-0.39, 0.29) is 18.4 Å². The Morgan fingerprint density at radius 3 is 2.68 bits per heavy atom. The summed E-state index contributed by atoms with van der Waals surface area (Å²) in [6.45, 7) is 6.05. The van der Waals surface area contributed by atoms with Crippen LogP contribution in [-0.2, 0) is 4.79 Å². The predicted octanol–water partition coefficient (Wildman–Crippen LogP) is 2.75. The van der Waals surface area contributed by atoms with Crippen LogP contribution in [0.2, 0.25) is 0 Å². The molecule has 1 saturated heterocycles. The van der Waals surface area contributed by atoms with E-state index in [0.717, 1.165) is 29.7 Å². The van der Waals surface area contributed by atoms with Gasteiger partial charge in [0.2, 0.25) is 0 Å². The fraction of sp³-hybridized carbons (Fsp3) is 0.409. The summed E-state index contributed by atoms with van der Waals surface area (Å²) in [6.07, 6.45) is 5.02. The average molecular weight is 381 g/mol. The first kappa shape index (κ1) is 19.9. The van der Waals surface area contributed by atoms with E-state index in [0.29, 0.717) is 31.1 Å². The zero-order valence-electron chi connectivity index (χ0n) is 16.5. The molecule has 0 atom stereocenters. The van der Waals surface area contributed by atoms with Crippen molar-refractivity contribution < 1.29 is 14.3 Å². The number of carbonyl (C=O) groups is 2. The molecule has 0 radical (unpaired) electrons. The molecule has 1 fully saturated rings. The van der Waals surface area contributed by atoms with Crippen molar-refractivity contribution in [1.29, 1.82) is 0 Å². The Bertz CT molecular complexity index is 815. The van der Waals surface area contributed by atoms with Gasteiger partial charge < -0.3 is 15.0 Å². The summed E-state index contributed by atoms with van der Waals surface area (Å²) >= 11 is 0. The molecule has 2 amide bonds. The molecule has 0 bridgehead atoms. The third-order valence-corrected chi connectivity index (χ3v) is 5.31. The smallest absolute Gasteiger partial charge is 0.257 e. The fourth-order valence-corrected chi connectivity index (χ4v) is 3.35. The highest BCUT2D eigenvalue weighted by molar-refractivity contribution is 5.93. The fourth-order valence-electron chi connectivity index (χ4n) is 3.35. The Balaban J connectivity index is 1.38. The molecule has 6 nitrogen and oxygen atoms in total. The average Bonchev–Trinajstić information content (AvgIpc) is 2.74. The summed E-state index contributed by atoms with van der Waals surface area (Å²) in [5, 5.41) is 2.96. The Labute approximate surface area is 165 Å². The van der Waals surface area contributed by atoms with Crippen molar-refractivity contribution in [3.63, 3.8) is 0 Å². The number of rotatable bonds is 6. The second-order valence-corrected chi connectivity index (χ2v) is 7.27. The molecule has 0 unspecified atom stereocenters. The van der Waals surface area contributed by atoms with Crippen LogP contribution in [0.25, 0.3) is 0 Å². The number of aryl methyl sites for hydroxylation is 1. The number of pyridine rings is 1. The Morgan fingerprint density at radius 2 is 1.96 bits per heavy atom. The van der Waals surface area contributed by atoms with Gasteiger partial charge in [0, 0.05) is 32.0 Å². The Kier molecular flexibility index (Phi) is 6.63. The number of aromatic nitrogens is 1. The lowest BCUT2D eigenvalue weighted by Crippen LogP contribution is -2.42. The van der Waals surface area contributed by atoms with Crippen molar-refractivity contribution in [3.05, 3.63) is 59.4 Å². The van der Waals surface area contributed by atoms with Crippen LogP contribution in [0.3, 0.4) is 0 Å². The number of hydrogen-bond acceptors (Lipinski definition) is 4. The molecular weight excluding hydrogens is 354 g/mol. The van der Waals surface area contributed by atoms with Gasteiger partial charge in [-0.3, -0.25) is 14.6 Å². The number of piperidine rings is 1. The monoisotopic (exact) mass is 381 g/mol. The van der Waals surface area contributed by atoms with Gasteiger partial charge in [0.1, 0.15) is 5.75 Å².